The number of halogens is 1. The van der Waals surface area contributed by atoms with Gasteiger partial charge in [0.15, 0.2) is 0 Å². The van der Waals surface area contributed by atoms with Crippen LogP contribution in [-0.2, 0) is 4.79 Å². The molecule has 1 fully saturated rings. The molecule has 9 nitrogen and oxygen atoms in total. The lowest BCUT2D eigenvalue weighted by Crippen LogP contribution is -2.37. The zero-order valence-electron chi connectivity index (χ0n) is 15.9. The molecular formula is C20H15FN6O3S. The van der Waals surface area contributed by atoms with E-state index in [2.05, 4.69) is 20.8 Å². The van der Waals surface area contributed by atoms with Crippen molar-refractivity contribution in [1.29, 1.82) is 0 Å². The van der Waals surface area contributed by atoms with Gasteiger partial charge >= 0.3 is 0 Å². The summed E-state index contributed by atoms with van der Waals surface area (Å²) in [7, 11) is 0. The summed E-state index contributed by atoms with van der Waals surface area (Å²) in [6, 6.07) is 12.2. The highest BCUT2D eigenvalue weighted by atomic mass is 32.2. The summed E-state index contributed by atoms with van der Waals surface area (Å²) in [4.78, 5) is 38.3. The number of benzene rings is 2. The first kappa shape index (κ1) is 20.4. The van der Waals surface area contributed by atoms with Gasteiger partial charge in [-0.2, -0.15) is 0 Å². The van der Waals surface area contributed by atoms with Crippen molar-refractivity contribution in [2.24, 2.45) is 0 Å². The largest absolute Gasteiger partial charge is 0.350 e. The van der Waals surface area contributed by atoms with Crippen LogP contribution in [0.15, 0.2) is 59.8 Å². The van der Waals surface area contributed by atoms with Crippen LogP contribution in [0.25, 0.3) is 11.8 Å². The van der Waals surface area contributed by atoms with Gasteiger partial charge in [0.05, 0.1) is 10.6 Å². The fourth-order valence-corrected chi connectivity index (χ4v) is 3.70. The number of hydrogen-bond donors (Lipinski definition) is 1. The molecule has 1 aliphatic rings. The van der Waals surface area contributed by atoms with E-state index in [1.54, 1.807) is 24.3 Å². The Hall–Kier alpha value is -3.86. The van der Waals surface area contributed by atoms with Crippen molar-refractivity contribution in [3.05, 3.63) is 76.7 Å². The third-order valence-electron chi connectivity index (χ3n) is 4.41. The molecule has 1 saturated heterocycles. The predicted molar refractivity (Wildman–Crippen MR) is 111 cm³/mol. The number of aromatic nitrogens is 4. The molecule has 0 saturated carbocycles. The van der Waals surface area contributed by atoms with Crippen molar-refractivity contribution in [2.45, 2.75) is 0 Å². The van der Waals surface area contributed by atoms with Crippen LogP contribution in [0.5, 0.6) is 0 Å². The molecule has 0 aliphatic carbocycles. The van der Waals surface area contributed by atoms with E-state index in [0.29, 0.717) is 16.8 Å². The normalized spacial score (nSPS) is 15.0. The Morgan fingerprint density at radius 2 is 1.84 bits per heavy atom. The van der Waals surface area contributed by atoms with Gasteiger partial charge in [0.25, 0.3) is 17.1 Å². The maximum absolute atomic E-state index is 13.0. The molecule has 156 valence electrons. The summed E-state index contributed by atoms with van der Waals surface area (Å²) in [6.45, 7) is 0.148. The SMILES string of the molecule is O=C(NCCN1C(=O)S/C(=C\c2ccc(F)cc2)C1=O)c1ccc(-n2cnnn2)cc1. The van der Waals surface area contributed by atoms with Crippen LogP contribution in [-0.4, -0.2) is 55.3 Å². The number of thioether (sulfide) groups is 1. The van der Waals surface area contributed by atoms with E-state index in [1.807, 2.05) is 0 Å². The molecule has 2 aromatic carbocycles. The Morgan fingerprint density at radius 1 is 1.10 bits per heavy atom. The molecule has 3 amide bonds. The van der Waals surface area contributed by atoms with Crippen molar-refractivity contribution in [3.8, 4) is 5.69 Å². The third kappa shape index (κ3) is 4.67. The molecule has 0 bridgehead atoms. The van der Waals surface area contributed by atoms with E-state index in [-0.39, 0.29) is 29.7 Å². The Kier molecular flexibility index (Phi) is 5.85. The first-order chi connectivity index (χ1) is 15.0. The molecule has 0 radical (unpaired) electrons. The third-order valence-corrected chi connectivity index (χ3v) is 5.31. The van der Waals surface area contributed by atoms with Gasteiger partial charge in [0, 0.05) is 18.7 Å². The van der Waals surface area contributed by atoms with Crippen molar-refractivity contribution in [3.63, 3.8) is 0 Å². The van der Waals surface area contributed by atoms with Crippen LogP contribution in [0.4, 0.5) is 9.18 Å². The van der Waals surface area contributed by atoms with E-state index in [9.17, 15) is 18.8 Å². The topological polar surface area (TPSA) is 110 Å². The average molecular weight is 438 g/mol. The zero-order chi connectivity index (χ0) is 21.8. The molecule has 0 unspecified atom stereocenters. The molecule has 0 atom stereocenters. The lowest BCUT2D eigenvalue weighted by atomic mass is 10.2. The average Bonchev–Trinajstić information content (AvgIpc) is 3.40. The minimum Gasteiger partial charge on any atom is -0.350 e. The number of hydrogen-bond acceptors (Lipinski definition) is 7. The molecule has 1 aliphatic heterocycles. The van der Waals surface area contributed by atoms with Gasteiger partial charge in [-0.25, -0.2) is 9.07 Å². The molecule has 1 aromatic heterocycles. The van der Waals surface area contributed by atoms with Crippen molar-refractivity contribution >= 4 is 34.9 Å². The second-order valence-corrected chi connectivity index (χ2v) is 7.44. The second-order valence-electron chi connectivity index (χ2n) is 6.44. The van der Waals surface area contributed by atoms with E-state index in [0.717, 1.165) is 16.7 Å². The highest BCUT2D eigenvalue weighted by Crippen LogP contribution is 2.31. The fraction of sp³-hybridized carbons (Fsp3) is 0.100. The first-order valence-corrected chi connectivity index (χ1v) is 9.95. The van der Waals surface area contributed by atoms with E-state index in [4.69, 9.17) is 0 Å². The predicted octanol–water partition coefficient (Wildman–Crippen LogP) is 2.27. The molecular weight excluding hydrogens is 423 g/mol. The molecule has 2 heterocycles. The van der Waals surface area contributed by atoms with Gasteiger partial charge in [0.1, 0.15) is 12.1 Å². The van der Waals surface area contributed by atoms with Gasteiger partial charge in [-0.15, -0.1) is 5.10 Å². The lowest BCUT2D eigenvalue weighted by Gasteiger charge is -2.13. The summed E-state index contributed by atoms with van der Waals surface area (Å²) in [6.07, 6.45) is 2.98. The van der Waals surface area contributed by atoms with Gasteiger partial charge in [-0.05, 0) is 70.2 Å². The first-order valence-electron chi connectivity index (χ1n) is 9.14. The number of nitrogens with one attached hydrogen (secondary N) is 1. The van der Waals surface area contributed by atoms with Crippen LogP contribution in [0.2, 0.25) is 0 Å². The van der Waals surface area contributed by atoms with Crippen LogP contribution in [0, 0.1) is 5.82 Å². The number of tetrazole rings is 1. The molecule has 31 heavy (non-hydrogen) atoms. The summed E-state index contributed by atoms with van der Waals surface area (Å²) in [5.74, 6) is -1.16. The summed E-state index contributed by atoms with van der Waals surface area (Å²) < 4.78 is 14.5. The minimum atomic E-state index is -0.445. The monoisotopic (exact) mass is 438 g/mol. The Labute approximate surface area is 179 Å². The maximum Gasteiger partial charge on any atom is 0.293 e. The Bertz CT molecular complexity index is 1150. The smallest absolute Gasteiger partial charge is 0.293 e. The Morgan fingerprint density at radius 3 is 2.52 bits per heavy atom. The number of carbonyl (C=O) groups excluding carboxylic acids is 3. The van der Waals surface area contributed by atoms with E-state index < -0.39 is 11.1 Å². The number of carbonyl (C=O) groups is 3. The van der Waals surface area contributed by atoms with Crippen LogP contribution in [0.1, 0.15) is 15.9 Å². The Balaban J connectivity index is 1.32. The highest BCUT2D eigenvalue weighted by Gasteiger charge is 2.34. The second kappa shape index (κ2) is 8.88. The fourth-order valence-electron chi connectivity index (χ4n) is 2.83. The molecule has 3 aromatic rings. The number of imide groups is 1. The maximum atomic E-state index is 13.0. The number of rotatable bonds is 6. The van der Waals surface area contributed by atoms with E-state index in [1.165, 1.54) is 41.4 Å². The summed E-state index contributed by atoms with van der Waals surface area (Å²) >= 11 is 0.810. The summed E-state index contributed by atoms with van der Waals surface area (Å²) in [5, 5.41) is 13.1. The van der Waals surface area contributed by atoms with Gasteiger partial charge < -0.3 is 5.32 Å². The van der Waals surface area contributed by atoms with Crippen LogP contribution in [0.3, 0.4) is 0 Å². The van der Waals surface area contributed by atoms with Gasteiger partial charge in [-0.3, -0.25) is 19.3 Å². The quantitative estimate of drug-likeness (QED) is 0.588. The molecule has 1 N–H and O–H groups in total. The van der Waals surface area contributed by atoms with Gasteiger partial charge in [0.2, 0.25) is 0 Å². The lowest BCUT2D eigenvalue weighted by molar-refractivity contribution is -0.122. The molecule has 4 rings (SSSR count). The van der Waals surface area contributed by atoms with Crippen molar-refractivity contribution < 1.29 is 18.8 Å². The number of amides is 3. The van der Waals surface area contributed by atoms with Crippen LogP contribution >= 0.6 is 11.8 Å². The van der Waals surface area contributed by atoms with E-state index >= 15 is 0 Å². The minimum absolute atomic E-state index is 0.0415. The van der Waals surface area contributed by atoms with Crippen LogP contribution < -0.4 is 5.32 Å². The van der Waals surface area contributed by atoms with Crippen molar-refractivity contribution in [1.82, 2.24) is 30.4 Å². The number of nitrogens with zero attached hydrogens (tertiary/aromatic N) is 5. The molecule has 11 heteroatoms. The summed E-state index contributed by atoms with van der Waals surface area (Å²) in [5.41, 5.74) is 1.74. The molecule has 0 spiro atoms. The van der Waals surface area contributed by atoms with Crippen molar-refractivity contribution in [2.75, 3.05) is 13.1 Å². The standard InChI is InChI=1S/C20H15FN6O3S/c21-15-5-1-13(2-6-15)11-17-19(29)26(20(30)31-17)10-9-22-18(28)14-3-7-16(8-4-14)27-12-23-24-25-27/h1-8,11-12H,9-10H2,(H,22,28)/b17-11-. The highest BCUT2D eigenvalue weighted by molar-refractivity contribution is 8.18. The zero-order valence-corrected chi connectivity index (χ0v) is 16.8. The van der Waals surface area contributed by atoms with Gasteiger partial charge in [-0.1, -0.05) is 12.1 Å².